The first kappa shape index (κ1) is 14.0. The van der Waals surface area contributed by atoms with E-state index in [0.29, 0.717) is 5.52 Å². The molecule has 5 heteroatoms. The summed E-state index contributed by atoms with van der Waals surface area (Å²) in [5.41, 5.74) is 1.53. The fraction of sp³-hybridized carbons (Fsp3) is 0.357. The molecule has 1 heterocycles. The van der Waals surface area contributed by atoms with E-state index < -0.39 is 10.0 Å². The lowest BCUT2D eigenvalue weighted by atomic mass is 10.2. The van der Waals surface area contributed by atoms with E-state index in [-0.39, 0.29) is 10.9 Å². The smallest absolute Gasteiger partial charge is 0.242 e. The summed E-state index contributed by atoms with van der Waals surface area (Å²) in [6, 6.07) is 7.05. The molecular formula is C14H18N2O2S. The summed E-state index contributed by atoms with van der Waals surface area (Å²) in [6.07, 6.45) is 2.43. The maximum Gasteiger partial charge on any atom is 0.242 e. The molecule has 0 saturated heterocycles. The van der Waals surface area contributed by atoms with Crippen LogP contribution in [-0.4, -0.2) is 19.4 Å². The third-order valence-electron chi connectivity index (χ3n) is 3.07. The summed E-state index contributed by atoms with van der Waals surface area (Å²) >= 11 is 0. The van der Waals surface area contributed by atoms with Gasteiger partial charge in [-0.2, -0.15) is 0 Å². The van der Waals surface area contributed by atoms with Gasteiger partial charge in [-0.3, -0.25) is 4.98 Å². The fourth-order valence-electron chi connectivity index (χ4n) is 1.87. The molecule has 0 aliphatic carbocycles. The Morgan fingerprint density at radius 1 is 1.37 bits per heavy atom. The molecule has 1 atom stereocenters. The lowest BCUT2D eigenvalue weighted by Gasteiger charge is -2.13. The number of nitrogens with one attached hydrogen (secondary N) is 1. The van der Waals surface area contributed by atoms with Crippen LogP contribution in [0.1, 0.15) is 25.8 Å². The lowest BCUT2D eigenvalue weighted by molar-refractivity contribution is 0.556. The van der Waals surface area contributed by atoms with Crippen LogP contribution < -0.4 is 4.72 Å². The number of hydrogen-bond donors (Lipinski definition) is 1. The van der Waals surface area contributed by atoms with Crippen LogP contribution >= 0.6 is 0 Å². The quantitative estimate of drug-likeness (QED) is 0.935. The van der Waals surface area contributed by atoms with Gasteiger partial charge in [0.05, 0.1) is 5.52 Å². The van der Waals surface area contributed by atoms with Crippen molar-refractivity contribution in [2.24, 2.45) is 0 Å². The number of hydrogen-bond acceptors (Lipinski definition) is 3. The summed E-state index contributed by atoms with van der Waals surface area (Å²) in [5, 5.41) is 0.840. The van der Waals surface area contributed by atoms with E-state index in [1.807, 2.05) is 32.9 Å². The van der Waals surface area contributed by atoms with Crippen molar-refractivity contribution in [2.45, 2.75) is 38.1 Å². The van der Waals surface area contributed by atoms with E-state index in [4.69, 9.17) is 0 Å². The molecule has 1 unspecified atom stereocenters. The second-order valence-corrected chi connectivity index (χ2v) is 6.45. The molecule has 0 fully saturated rings. The van der Waals surface area contributed by atoms with E-state index in [9.17, 15) is 8.42 Å². The van der Waals surface area contributed by atoms with Crippen LogP contribution in [0.4, 0.5) is 0 Å². The minimum absolute atomic E-state index is 0.0919. The zero-order valence-corrected chi connectivity index (χ0v) is 12.2. The van der Waals surface area contributed by atoms with Crippen LogP contribution in [-0.2, 0) is 10.0 Å². The molecule has 1 N–H and O–H groups in total. The van der Waals surface area contributed by atoms with Gasteiger partial charge in [0.15, 0.2) is 0 Å². The Morgan fingerprint density at radius 2 is 2.11 bits per heavy atom. The number of aryl methyl sites for hydroxylation is 1. The van der Waals surface area contributed by atoms with Gasteiger partial charge in [-0.1, -0.05) is 19.1 Å². The number of sulfonamides is 1. The van der Waals surface area contributed by atoms with E-state index in [0.717, 1.165) is 17.4 Å². The first-order valence-electron chi connectivity index (χ1n) is 6.31. The van der Waals surface area contributed by atoms with Crippen molar-refractivity contribution in [1.82, 2.24) is 9.71 Å². The summed E-state index contributed by atoms with van der Waals surface area (Å²) in [5.74, 6) is 0. The maximum atomic E-state index is 12.3. The predicted octanol–water partition coefficient (Wildman–Crippen LogP) is 2.62. The third-order valence-corrected chi connectivity index (χ3v) is 4.69. The van der Waals surface area contributed by atoms with E-state index in [2.05, 4.69) is 9.71 Å². The number of aromatic nitrogens is 1. The van der Waals surface area contributed by atoms with Gasteiger partial charge in [-0.05, 0) is 38.0 Å². The predicted molar refractivity (Wildman–Crippen MR) is 76.6 cm³/mol. The van der Waals surface area contributed by atoms with Crippen LogP contribution in [0.5, 0.6) is 0 Å². The Kier molecular flexibility index (Phi) is 3.87. The average Bonchev–Trinajstić information content (AvgIpc) is 2.37. The summed E-state index contributed by atoms with van der Waals surface area (Å²) in [7, 11) is -3.52. The zero-order chi connectivity index (χ0) is 14.0. The van der Waals surface area contributed by atoms with Crippen LogP contribution in [0.2, 0.25) is 0 Å². The second kappa shape index (κ2) is 5.27. The summed E-state index contributed by atoms with van der Waals surface area (Å²) in [4.78, 5) is 4.50. The monoisotopic (exact) mass is 278 g/mol. The molecule has 0 saturated carbocycles. The minimum Gasteiger partial charge on any atom is -0.255 e. The molecule has 0 aliphatic heterocycles. The van der Waals surface area contributed by atoms with E-state index in [1.165, 1.54) is 0 Å². The number of para-hydroxylation sites is 1. The highest BCUT2D eigenvalue weighted by Crippen LogP contribution is 2.21. The van der Waals surface area contributed by atoms with Crippen molar-refractivity contribution < 1.29 is 8.42 Å². The third kappa shape index (κ3) is 2.93. The Balaban J connectivity index is 2.56. The molecule has 19 heavy (non-hydrogen) atoms. The Morgan fingerprint density at radius 3 is 2.79 bits per heavy atom. The molecule has 0 radical (unpaired) electrons. The molecule has 2 rings (SSSR count). The summed E-state index contributed by atoms with van der Waals surface area (Å²) < 4.78 is 27.4. The van der Waals surface area contributed by atoms with Gasteiger partial charge < -0.3 is 0 Å². The molecule has 4 nitrogen and oxygen atoms in total. The number of pyridine rings is 1. The van der Waals surface area contributed by atoms with Gasteiger partial charge >= 0.3 is 0 Å². The topological polar surface area (TPSA) is 59.1 Å². The molecule has 102 valence electrons. The number of fused-ring (bicyclic) bond motifs is 1. The fourth-order valence-corrected chi connectivity index (χ4v) is 3.38. The van der Waals surface area contributed by atoms with Crippen LogP contribution in [0, 0.1) is 6.92 Å². The van der Waals surface area contributed by atoms with E-state index >= 15 is 0 Å². The standard InChI is InChI=1S/C14H18N2O2S/c1-4-11(3)16-19(17,18)13-7-5-6-12-8-10(2)9-15-14(12)13/h5-9,11,16H,4H2,1-3H3. The number of rotatable bonds is 4. The average molecular weight is 278 g/mol. The van der Waals surface area contributed by atoms with Gasteiger partial charge in [0.25, 0.3) is 0 Å². The first-order valence-corrected chi connectivity index (χ1v) is 7.80. The minimum atomic E-state index is -3.52. The Bertz CT molecular complexity index is 696. The first-order chi connectivity index (χ1) is 8.94. The van der Waals surface area contributed by atoms with Crippen LogP contribution in [0.15, 0.2) is 35.4 Å². The normalized spacial score (nSPS) is 13.6. The SMILES string of the molecule is CCC(C)NS(=O)(=O)c1cccc2cc(C)cnc12. The zero-order valence-electron chi connectivity index (χ0n) is 11.3. The number of benzene rings is 1. The molecule has 2 aromatic rings. The van der Waals surface area contributed by atoms with Gasteiger partial charge in [0, 0.05) is 17.6 Å². The van der Waals surface area contributed by atoms with Crippen molar-refractivity contribution in [1.29, 1.82) is 0 Å². The Labute approximate surface area is 113 Å². The highest BCUT2D eigenvalue weighted by atomic mass is 32.2. The molecule has 1 aromatic carbocycles. The molecule has 0 aliphatic rings. The van der Waals surface area contributed by atoms with Crippen molar-refractivity contribution in [3.05, 3.63) is 36.0 Å². The van der Waals surface area contributed by atoms with Crippen molar-refractivity contribution in [3.8, 4) is 0 Å². The van der Waals surface area contributed by atoms with E-state index in [1.54, 1.807) is 18.3 Å². The molecule has 0 spiro atoms. The molecular weight excluding hydrogens is 260 g/mol. The van der Waals surface area contributed by atoms with Crippen molar-refractivity contribution in [2.75, 3.05) is 0 Å². The van der Waals surface area contributed by atoms with Crippen LogP contribution in [0.25, 0.3) is 10.9 Å². The summed E-state index contributed by atoms with van der Waals surface area (Å²) in [6.45, 7) is 5.73. The van der Waals surface area contributed by atoms with Crippen molar-refractivity contribution >= 4 is 20.9 Å². The maximum absolute atomic E-state index is 12.3. The highest BCUT2D eigenvalue weighted by Gasteiger charge is 2.19. The number of nitrogens with zero attached hydrogens (tertiary/aromatic N) is 1. The highest BCUT2D eigenvalue weighted by molar-refractivity contribution is 7.89. The van der Waals surface area contributed by atoms with Gasteiger partial charge in [0.1, 0.15) is 4.90 Å². The van der Waals surface area contributed by atoms with Crippen LogP contribution in [0.3, 0.4) is 0 Å². The van der Waals surface area contributed by atoms with Crippen molar-refractivity contribution in [3.63, 3.8) is 0 Å². The Hall–Kier alpha value is -1.46. The lowest BCUT2D eigenvalue weighted by Crippen LogP contribution is -2.32. The largest absolute Gasteiger partial charge is 0.255 e. The van der Waals surface area contributed by atoms with Gasteiger partial charge in [-0.15, -0.1) is 0 Å². The molecule has 1 aromatic heterocycles. The molecule has 0 amide bonds. The van der Waals surface area contributed by atoms with Gasteiger partial charge in [0.2, 0.25) is 10.0 Å². The van der Waals surface area contributed by atoms with Gasteiger partial charge in [-0.25, -0.2) is 13.1 Å². The second-order valence-electron chi connectivity index (χ2n) is 4.77. The molecule has 0 bridgehead atoms.